The van der Waals surface area contributed by atoms with Gasteiger partial charge in [-0.1, -0.05) is 39.5 Å². The topological polar surface area (TPSA) is 62.7 Å². The van der Waals surface area contributed by atoms with Crippen LogP contribution in [-0.4, -0.2) is 49.6 Å². The molecule has 0 N–H and O–H groups in total. The van der Waals surface area contributed by atoms with Crippen molar-refractivity contribution in [2.24, 2.45) is 0 Å². The van der Waals surface area contributed by atoms with E-state index in [1.165, 1.54) is 32.1 Å². The molecule has 1 aromatic carbocycles. The van der Waals surface area contributed by atoms with Gasteiger partial charge in [0.15, 0.2) is 11.6 Å². The van der Waals surface area contributed by atoms with Crippen LogP contribution < -0.4 is 9.47 Å². The fourth-order valence-corrected chi connectivity index (χ4v) is 3.39. The Bertz CT molecular complexity index is 722. The van der Waals surface area contributed by atoms with Crippen LogP contribution in [0.15, 0.2) is 36.7 Å². The molecule has 0 aliphatic carbocycles. The molecule has 6 heteroatoms. The molecule has 0 unspecified atom stereocenters. The van der Waals surface area contributed by atoms with Gasteiger partial charge in [-0.2, -0.15) is 0 Å². The average Bonchev–Trinajstić information content (AvgIpc) is 2.87. The molecule has 0 aliphatic rings. The van der Waals surface area contributed by atoms with Gasteiger partial charge in [0.05, 0.1) is 25.6 Å². The lowest BCUT2D eigenvalue weighted by molar-refractivity contribution is 0.122. The summed E-state index contributed by atoms with van der Waals surface area (Å²) in [7, 11) is 0. The van der Waals surface area contributed by atoms with Gasteiger partial charge in [0.1, 0.15) is 5.75 Å². The number of hydrogen-bond acceptors (Lipinski definition) is 6. The van der Waals surface area contributed by atoms with Gasteiger partial charge in [-0.15, -0.1) is 0 Å². The van der Waals surface area contributed by atoms with Crippen molar-refractivity contribution in [2.45, 2.75) is 78.1 Å². The van der Waals surface area contributed by atoms with Crippen molar-refractivity contribution >= 4 is 0 Å². The molecule has 0 fully saturated rings. The second-order valence-electron chi connectivity index (χ2n) is 8.52. The minimum Gasteiger partial charge on any atom is -0.494 e. The highest BCUT2D eigenvalue weighted by Crippen LogP contribution is 2.20. The second kappa shape index (κ2) is 19.2. The molecule has 0 bridgehead atoms. The molecule has 34 heavy (non-hydrogen) atoms. The van der Waals surface area contributed by atoms with Gasteiger partial charge in [-0.25, -0.2) is 9.97 Å². The first-order valence-electron chi connectivity index (χ1n) is 13.2. The zero-order chi connectivity index (χ0) is 24.1. The quantitative estimate of drug-likeness (QED) is 0.185. The molecule has 0 radical (unpaired) electrons. The Balaban J connectivity index is 1.56. The number of ether oxygens (including phenoxy) is 4. The second-order valence-corrected chi connectivity index (χ2v) is 8.52. The molecular formula is C28H44N2O4. The number of benzene rings is 1. The van der Waals surface area contributed by atoms with E-state index in [4.69, 9.17) is 18.9 Å². The minimum absolute atomic E-state index is 0.648. The Kier molecular flexibility index (Phi) is 15.8. The van der Waals surface area contributed by atoms with Crippen molar-refractivity contribution in [1.82, 2.24) is 9.97 Å². The largest absolute Gasteiger partial charge is 0.494 e. The normalized spacial score (nSPS) is 11.0. The first-order chi connectivity index (χ1) is 16.8. The smallest absolute Gasteiger partial charge is 0.159 e. The Hall–Kier alpha value is -2.18. The van der Waals surface area contributed by atoms with Gasteiger partial charge in [0.2, 0.25) is 0 Å². The molecule has 190 valence electrons. The highest BCUT2D eigenvalue weighted by atomic mass is 16.5. The number of aromatic nitrogens is 2. The highest BCUT2D eigenvalue weighted by molar-refractivity contribution is 5.56. The maximum Gasteiger partial charge on any atom is 0.159 e. The lowest BCUT2D eigenvalue weighted by Gasteiger charge is -2.08. The van der Waals surface area contributed by atoms with E-state index in [2.05, 4.69) is 23.8 Å². The predicted octanol–water partition coefficient (Wildman–Crippen LogP) is 6.88. The van der Waals surface area contributed by atoms with Gasteiger partial charge in [-0.3, -0.25) is 0 Å². The van der Waals surface area contributed by atoms with Crippen LogP contribution in [0, 0.1) is 0 Å². The molecule has 6 nitrogen and oxygen atoms in total. The van der Waals surface area contributed by atoms with Crippen LogP contribution in [-0.2, 0) is 9.47 Å². The summed E-state index contributed by atoms with van der Waals surface area (Å²) in [6.07, 6.45) is 14.9. The monoisotopic (exact) mass is 472 g/mol. The van der Waals surface area contributed by atoms with Crippen molar-refractivity contribution in [3.63, 3.8) is 0 Å². The number of rotatable bonds is 21. The van der Waals surface area contributed by atoms with Gasteiger partial charge in [0.25, 0.3) is 0 Å². The van der Waals surface area contributed by atoms with Gasteiger partial charge in [-0.05, 0) is 62.8 Å². The third-order valence-corrected chi connectivity index (χ3v) is 5.38. The van der Waals surface area contributed by atoms with Crippen LogP contribution in [0.25, 0.3) is 11.4 Å². The Morgan fingerprint density at radius 3 is 1.68 bits per heavy atom. The molecule has 0 aliphatic heterocycles. The number of unbranched alkanes of at least 4 members (excludes halogenated alkanes) is 6. The molecule has 1 heterocycles. The summed E-state index contributed by atoms with van der Waals surface area (Å²) in [6, 6.07) is 7.92. The van der Waals surface area contributed by atoms with E-state index in [9.17, 15) is 0 Å². The third-order valence-electron chi connectivity index (χ3n) is 5.38. The Morgan fingerprint density at radius 1 is 0.529 bits per heavy atom. The summed E-state index contributed by atoms with van der Waals surface area (Å²) in [4.78, 5) is 8.87. The van der Waals surface area contributed by atoms with E-state index < -0.39 is 0 Å². The van der Waals surface area contributed by atoms with E-state index in [0.717, 1.165) is 69.8 Å². The molecule has 0 saturated carbocycles. The number of nitrogens with zero attached hydrogens (tertiary/aromatic N) is 2. The maximum absolute atomic E-state index is 5.85. The van der Waals surface area contributed by atoms with E-state index in [1.807, 2.05) is 24.3 Å². The fraction of sp³-hybridized carbons (Fsp3) is 0.643. The van der Waals surface area contributed by atoms with Crippen LogP contribution in [0.5, 0.6) is 11.5 Å². The van der Waals surface area contributed by atoms with Crippen molar-refractivity contribution < 1.29 is 18.9 Å². The van der Waals surface area contributed by atoms with Crippen molar-refractivity contribution in [3.8, 4) is 22.9 Å². The zero-order valence-electron chi connectivity index (χ0n) is 21.3. The zero-order valence-corrected chi connectivity index (χ0v) is 21.3. The summed E-state index contributed by atoms with van der Waals surface area (Å²) in [5, 5.41) is 0. The lowest BCUT2D eigenvalue weighted by atomic mass is 10.2. The van der Waals surface area contributed by atoms with Gasteiger partial charge in [0, 0.05) is 32.0 Å². The van der Waals surface area contributed by atoms with Crippen molar-refractivity contribution in [3.05, 3.63) is 36.7 Å². The maximum atomic E-state index is 5.85. The minimum atomic E-state index is 0.648. The summed E-state index contributed by atoms with van der Waals surface area (Å²) < 4.78 is 22.7. The molecule has 2 aromatic rings. The van der Waals surface area contributed by atoms with Crippen LogP contribution in [0.3, 0.4) is 0 Å². The van der Waals surface area contributed by atoms with Crippen LogP contribution in [0.1, 0.15) is 78.1 Å². The molecule has 0 atom stereocenters. The lowest BCUT2D eigenvalue weighted by Crippen LogP contribution is -2.02. The molecule has 2 rings (SSSR count). The van der Waals surface area contributed by atoms with Gasteiger partial charge >= 0.3 is 0 Å². The SMILES string of the molecule is CCCCCCCOCCCCOc1ccc(-c2ncc(OCCCCOCCC)cn2)cc1. The molecule has 0 spiro atoms. The average molecular weight is 473 g/mol. The van der Waals surface area contributed by atoms with E-state index >= 15 is 0 Å². The van der Waals surface area contributed by atoms with Crippen LogP contribution >= 0.6 is 0 Å². The van der Waals surface area contributed by atoms with E-state index in [0.29, 0.717) is 24.8 Å². The standard InChI is InChI=1S/C28H44N2O4/c1-3-5-6-7-8-18-32-20-10-11-21-33-26-15-13-25(14-16-26)28-29-23-27(24-30-28)34-22-12-9-19-31-17-4-2/h13-16,23-24H,3-12,17-22H2,1-2H3. The predicted molar refractivity (Wildman–Crippen MR) is 138 cm³/mol. The fourth-order valence-electron chi connectivity index (χ4n) is 3.39. The molecular weight excluding hydrogens is 428 g/mol. The van der Waals surface area contributed by atoms with Crippen molar-refractivity contribution in [1.29, 1.82) is 0 Å². The third kappa shape index (κ3) is 12.9. The van der Waals surface area contributed by atoms with Crippen LogP contribution in [0.4, 0.5) is 0 Å². The summed E-state index contributed by atoms with van der Waals surface area (Å²) >= 11 is 0. The van der Waals surface area contributed by atoms with E-state index in [-0.39, 0.29) is 0 Å². The number of hydrogen-bond donors (Lipinski definition) is 0. The highest BCUT2D eigenvalue weighted by Gasteiger charge is 2.03. The van der Waals surface area contributed by atoms with E-state index in [1.54, 1.807) is 12.4 Å². The summed E-state index contributed by atoms with van der Waals surface area (Å²) in [6.45, 7) is 9.03. The van der Waals surface area contributed by atoms with Gasteiger partial charge < -0.3 is 18.9 Å². The Morgan fingerprint density at radius 2 is 1.06 bits per heavy atom. The summed E-state index contributed by atoms with van der Waals surface area (Å²) in [5.74, 6) is 2.24. The van der Waals surface area contributed by atoms with Crippen LogP contribution in [0.2, 0.25) is 0 Å². The molecule has 1 aromatic heterocycles. The molecule has 0 amide bonds. The summed E-state index contributed by atoms with van der Waals surface area (Å²) in [5.41, 5.74) is 0.958. The van der Waals surface area contributed by atoms with Crippen molar-refractivity contribution in [2.75, 3.05) is 39.6 Å². The first-order valence-corrected chi connectivity index (χ1v) is 13.2. The first kappa shape index (κ1) is 28.1. The Labute approximate surface area is 206 Å². The molecule has 0 saturated heterocycles.